The van der Waals surface area contributed by atoms with E-state index in [2.05, 4.69) is 25.3 Å². The number of nitrogen functional groups attached to an aromatic ring is 1. The SMILES string of the molecule is Cn1ncc(NC(=O)c2nc(-c3c(F)cncc3F)sc2N)c1N1CCC[C@H](N)CC1. The molecule has 31 heavy (non-hydrogen) atoms. The Kier molecular flexibility index (Phi) is 5.83. The lowest BCUT2D eigenvalue weighted by atomic mass is 10.1. The zero-order valence-corrected chi connectivity index (χ0v) is 17.6. The van der Waals surface area contributed by atoms with Crippen LogP contribution in [-0.2, 0) is 7.05 Å². The lowest BCUT2D eigenvalue weighted by Gasteiger charge is -2.24. The van der Waals surface area contributed by atoms with Crippen molar-refractivity contribution in [2.45, 2.75) is 25.3 Å². The minimum Gasteiger partial charge on any atom is -0.389 e. The van der Waals surface area contributed by atoms with Crippen LogP contribution in [0.15, 0.2) is 18.6 Å². The van der Waals surface area contributed by atoms with Crippen molar-refractivity contribution >= 4 is 33.8 Å². The van der Waals surface area contributed by atoms with Gasteiger partial charge in [-0.1, -0.05) is 11.3 Å². The van der Waals surface area contributed by atoms with Gasteiger partial charge < -0.3 is 21.7 Å². The van der Waals surface area contributed by atoms with E-state index >= 15 is 0 Å². The molecule has 5 N–H and O–H groups in total. The highest BCUT2D eigenvalue weighted by Crippen LogP contribution is 2.34. The fourth-order valence-corrected chi connectivity index (χ4v) is 4.50. The number of amides is 1. The Bertz CT molecular complexity index is 1090. The van der Waals surface area contributed by atoms with Crippen LogP contribution in [-0.4, -0.2) is 44.8 Å². The normalized spacial score (nSPS) is 16.9. The first kappa shape index (κ1) is 21.1. The molecule has 1 fully saturated rings. The molecule has 4 heterocycles. The minimum atomic E-state index is -0.880. The molecule has 1 atom stereocenters. The Morgan fingerprint density at radius 3 is 2.71 bits per heavy atom. The number of pyridine rings is 1. The van der Waals surface area contributed by atoms with Gasteiger partial charge in [-0.3, -0.25) is 14.5 Å². The molecule has 0 unspecified atom stereocenters. The number of thiazole rings is 1. The van der Waals surface area contributed by atoms with Crippen LogP contribution in [0.3, 0.4) is 0 Å². The van der Waals surface area contributed by atoms with Crippen LogP contribution in [0, 0.1) is 11.6 Å². The van der Waals surface area contributed by atoms with Gasteiger partial charge in [-0.2, -0.15) is 5.10 Å². The number of nitrogens with one attached hydrogen (secondary N) is 1. The Morgan fingerprint density at radius 2 is 1.97 bits per heavy atom. The van der Waals surface area contributed by atoms with Crippen molar-refractivity contribution in [3.63, 3.8) is 0 Å². The van der Waals surface area contributed by atoms with Gasteiger partial charge in [0.2, 0.25) is 0 Å². The Hall–Kier alpha value is -3.12. The van der Waals surface area contributed by atoms with Crippen molar-refractivity contribution < 1.29 is 13.6 Å². The van der Waals surface area contributed by atoms with Gasteiger partial charge >= 0.3 is 0 Å². The number of hydrogen-bond acceptors (Lipinski definition) is 8. The number of hydrogen-bond donors (Lipinski definition) is 3. The fourth-order valence-electron chi connectivity index (χ4n) is 3.63. The fraction of sp³-hybridized carbons (Fsp3) is 0.368. The van der Waals surface area contributed by atoms with E-state index < -0.39 is 17.5 Å². The molecule has 12 heteroatoms. The van der Waals surface area contributed by atoms with Gasteiger partial charge in [0.25, 0.3) is 5.91 Å². The maximum Gasteiger partial charge on any atom is 0.277 e. The molecule has 3 aromatic rings. The van der Waals surface area contributed by atoms with E-state index in [1.54, 1.807) is 17.9 Å². The third kappa shape index (κ3) is 4.21. The van der Waals surface area contributed by atoms with E-state index in [9.17, 15) is 13.6 Å². The summed E-state index contributed by atoms with van der Waals surface area (Å²) in [4.78, 5) is 22.6. The Labute approximate surface area is 181 Å². The molecular formula is C19H22F2N8OS. The predicted molar refractivity (Wildman–Crippen MR) is 115 cm³/mol. The number of anilines is 3. The standard InChI is InChI=1S/C19H22F2N8OS/c1-28-19(29-5-2-3-10(22)4-6-29)13(9-25-28)26-17(30)15-16(23)31-18(27-15)14-11(20)7-24-8-12(14)21/h7-10H,2-6,22-23H2,1H3,(H,26,30)/t10-/m0/s1. The number of aromatic nitrogens is 4. The van der Waals surface area contributed by atoms with Gasteiger partial charge in [0, 0.05) is 26.2 Å². The predicted octanol–water partition coefficient (Wildman–Crippen LogP) is 2.37. The molecule has 0 aromatic carbocycles. The second-order valence-electron chi connectivity index (χ2n) is 7.35. The number of aryl methyl sites for hydroxylation is 1. The molecule has 4 rings (SSSR count). The highest BCUT2D eigenvalue weighted by atomic mass is 32.1. The number of carbonyl (C=O) groups excluding carboxylic acids is 1. The first-order chi connectivity index (χ1) is 14.8. The molecule has 1 aliphatic heterocycles. The summed E-state index contributed by atoms with van der Waals surface area (Å²) in [5.74, 6) is -1.59. The summed E-state index contributed by atoms with van der Waals surface area (Å²) >= 11 is 0.828. The average Bonchev–Trinajstić information content (AvgIpc) is 3.19. The van der Waals surface area contributed by atoms with Crippen LogP contribution in [0.2, 0.25) is 0 Å². The summed E-state index contributed by atoms with van der Waals surface area (Å²) in [6.07, 6.45) is 6.02. The van der Waals surface area contributed by atoms with Crippen molar-refractivity contribution in [3.8, 4) is 10.6 Å². The highest BCUT2D eigenvalue weighted by molar-refractivity contribution is 7.19. The second-order valence-corrected chi connectivity index (χ2v) is 8.38. The summed E-state index contributed by atoms with van der Waals surface area (Å²) in [6, 6.07) is 0.151. The molecule has 1 amide bonds. The summed E-state index contributed by atoms with van der Waals surface area (Å²) in [5, 5.41) is 7.06. The van der Waals surface area contributed by atoms with Gasteiger partial charge in [-0.25, -0.2) is 13.8 Å². The number of halogens is 2. The molecular weight excluding hydrogens is 426 g/mol. The van der Waals surface area contributed by atoms with E-state index in [4.69, 9.17) is 11.5 Å². The van der Waals surface area contributed by atoms with Crippen LogP contribution in [0.4, 0.5) is 25.3 Å². The maximum absolute atomic E-state index is 14.0. The third-order valence-corrected chi connectivity index (χ3v) is 6.07. The summed E-state index contributed by atoms with van der Waals surface area (Å²) in [7, 11) is 1.79. The lowest BCUT2D eigenvalue weighted by Crippen LogP contribution is -2.29. The first-order valence-corrected chi connectivity index (χ1v) is 10.6. The molecule has 1 aliphatic rings. The van der Waals surface area contributed by atoms with Gasteiger partial charge in [-0.05, 0) is 19.3 Å². The Balaban J connectivity index is 1.60. The zero-order valence-electron chi connectivity index (χ0n) is 16.8. The van der Waals surface area contributed by atoms with Gasteiger partial charge in [-0.15, -0.1) is 0 Å². The monoisotopic (exact) mass is 448 g/mol. The van der Waals surface area contributed by atoms with Crippen LogP contribution in [0.5, 0.6) is 0 Å². The highest BCUT2D eigenvalue weighted by Gasteiger charge is 2.25. The van der Waals surface area contributed by atoms with E-state index in [0.717, 1.165) is 61.9 Å². The summed E-state index contributed by atoms with van der Waals surface area (Å²) in [5.41, 5.74) is 12.0. The number of nitrogens with two attached hydrogens (primary N) is 2. The molecule has 3 aromatic heterocycles. The second kappa shape index (κ2) is 8.55. The molecule has 0 bridgehead atoms. The van der Waals surface area contributed by atoms with Crippen molar-refractivity contribution in [3.05, 3.63) is 35.9 Å². The van der Waals surface area contributed by atoms with Gasteiger partial charge in [0.1, 0.15) is 15.7 Å². The smallest absolute Gasteiger partial charge is 0.277 e. The van der Waals surface area contributed by atoms with Crippen LogP contribution in [0.25, 0.3) is 10.6 Å². The number of rotatable bonds is 4. The van der Waals surface area contributed by atoms with E-state index in [1.165, 1.54) is 0 Å². The summed E-state index contributed by atoms with van der Waals surface area (Å²) in [6.45, 7) is 1.53. The quantitative estimate of drug-likeness (QED) is 0.559. The average molecular weight is 449 g/mol. The van der Waals surface area contributed by atoms with Gasteiger partial charge in [0.05, 0.1) is 24.2 Å². The minimum absolute atomic E-state index is 0.0343. The van der Waals surface area contributed by atoms with Crippen molar-refractivity contribution in [1.82, 2.24) is 19.7 Å². The maximum atomic E-state index is 14.0. The zero-order chi connectivity index (χ0) is 22.1. The molecule has 9 nitrogen and oxygen atoms in total. The van der Waals surface area contributed by atoms with E-state index in [1.807, 2.05) is 0 Å². The van der Waals surface area contributed by atoms with Crippen molar-refractivity contribution in [1.29, 1.82) is 0 Å². The Morgan fingerprint density at radius 1 is 1.23 bits per heavy atom. The number of carbonyl (C=O) groups is 1. The largest absolute Gasteiger partial charge is 0.389 e. The molecule has 0 spiro atoms. The van der Waals surface area contributed by atoms with Gasteiger partial charge in [0.15, 0.2) is 23.1 Å². The number of nitrogens with zero attached hydrogens (tertiary/aromatic N) is 5. The molecule has 0 saturated carbocycles. The van der Waals surface area contributed by atoms with E-state index in [0.29, 0.717) is 5.69 Å². The topological polar surface area (TPSA) is 128 Å². The van der Waals surface area contributed by atoms with Crippen LogP contribution >= 0.6 is 11.3 Å². The molecule has 0 radical (unpaired) electrons. The van der Waals surface area contributed by atoms with E-state index in [-0.39, 0.29) is 27.3 Å². The first-order valence-electron chi connectivity index (χ1n) is 9.74. The molecule has 0 aliphatic carbocycles. The third-order valence-electron chi connectivity index (χ3n) is 5.16. The van der Waals surface area contributed by atoms with Crippen LogP contribution in [0.1, 0.15) is 29.8 Å². The summed E-state index contributed by atoms with van der Waals surface area (Å²) < 4.78 is 29.8. The van der Waals surface area contributed by atoms with Crippen LogP contribution < -0.4 is 21.7 Å². The van der Waals surface area contributed by atoms with Crippen molar-refractivity contribution in [2.24, 2.45) is 12.8 Å². The molecule has 1 saturated heterocycles. The molecule has 164 valence electrons. The van der Waals surface area contributed by atoms with Crippen molar-refractivity contribution in [2.75, 3.05) is 29.0 Å². The lowest BCUT2D eigenvalue weighted by molar-refractivity contribution is 0.102.